The van der Waals surface area contributed by atoms with E-state index in [1.807, 2.05) is 49.4 Å². The van der Waals surface area contributed by atoms with Crippen molar-refractivity contribution in [3.63, 3.8) is 0 Å². The maximum absolute atomic E-state index is 14.6. The number of nitrogens with one attached hydrogen (secondary N) is 1. The number of nitriles is 1. The van der Waals surface area contributed by atoms with E-state index >= 15 is 0 Å². The van der Waals surface area contributed by atoms with Crippen molar-refractivity contribution in [3.8, 4) is 6.07 Å². The van der Waals surface area contributed by atoms with Crippen LogP contribution in [0.15, 0.2) is 58.6 Å². The van der Waals surface area contributed by atoms with Gasteiger partial charge in [-0.25, -0.2) is 4.99 Å². The molecular weight excluding hydrogens is 532 g/mol. The number of nitrogens with zero attached hydrogens (tertiary/aromatic N) is 2. The van der Waals surface area contributed by atoms with Crippen LogP contribution in [0.1, 0.15) is 92.1 Å². The molecule has 0 spiro atoms. The van der Waals surface area contributed by atoms with Gasteiger partial charge in [-0.05, 0) is 79.1 Å². The number of fused-ring (bicyclic) bond motifs is 7. The summed E-state index contributed by atoms with van der Waals surface area (Å²) in [5, 5.41) is 18.4. The van der Waals surface area contributed by atoms with E-state index in [-0.39, 0.29) is 62.9 Å². The van der Waals surface area contributed by atoms with Gasteiger partial charge in [0.05, 0.1) is 5.57 Å². The minimum Gasteiger partial charge on any atom is -0.387 e. The van der Waals surface area contributed by atoms with Crippen LogP contribution in [0, 0.1) is 67.5 Å². The van der Waals surface area contributed by atoms with E-state index in [0.717, 1.165) is 56.1 Å². The topological polar surface area (TPSA) is 120 Å². The molecule has 0 amide bonds. The van der Waals surface area contributed by atoms with Gasteiger partial charge >= 0.3 is 0 Å². The number of hydrogen-bond acceptors (Lipinski definition) is 4. The van der Waals surface area contributed by atoms with Gasteiger partial charge in [-0.1, -0.05) is 83.5 Å². The van der Waals surface area contributed by atoms with E-state index in [0.29, 0.717) is 5.84 Å². The van der Waals surface area contributed by atoms with Crippen molar-refractivity contribution < 1.29 is 9.59 Å². The fourth-order valence-corrected chi connectivity index (χ4v) is 10.5. The molecule has 1 aromatic carbocycles. The molecule has 0 heterocycles. The lowest BCUT2D eigenvalue weighted by Gasteiger charge is -2.68. The number of amidine groups is 2. The number of hydrogen-bond donors (Lipinski definition) is 2. The van der Waals surface area contributed by atoms with Crippen LogP contribution in [-0.4, -0.2) is 23.2 Å². The Bertz CT molecular complexity index is 1550. The standard InChI is InChI=1S/C37H46N4O2/c1-22-25-12-13-36(5)28(35(25,4)19-24(21-38)30(22)43)18-27(42)29-26-20-34(3,15-14-33(26,2)16-17-37(29,36)6)32(40)41-31(39)23-10-8-7-9-11-23/h7-11,18-19,22,25-26,29H,12-17,20H2,1-6H3,(H3,39,40,41)/t22?,25?,26?,29?,33?,34-,35?,36?,37+/m0/s1. The van der Waals surface area contributed by atoms with Crippen LogP contribution in [0.25, 0.3) is 0 Å². The number of ketones is 2. The van der Waals surface area contributed by atoms with Crippen LogP contribution in [-0.2, 0) is 9.59 Å². The summed E-state index contributed by atoms with van der Waals surface area (Å²) in [6.45, 7) is 13.4. The zero-order chi connectivity index (χ0) is 31.2. The van der Waals surface area contributed by atoms with E-state index < -0.39 is 10.8 Å². The molecule has 3 fully saturated rings. The van der Waals surface area contributed by atoms with Gasteiger partial charge in [-0.2, -0.15) is 5.26 Å². The molecule has 5 aliphatic rings. The number of aliphatic imine (C=N–C) groups is 1. The van der Waals surface area contributed by atoms with Crippen LogP contribution in [0.2, 0.25) is 0 Å². The van der Waals surface area contributed by atoms with Gasteiger partial charge in [0.2, 0.25) is 0 Å². The first-order chi connectivity index (χ1) is 20.1. The smallest absolute Gasteiger partial charge is 0.176 e. The Hall–Kier alpha value is -3.33. The summed E-state index contributed by atoms with van der Waals surface area (Å²) in [7, 11) is 0. The second-order valence-corrected chi connectivity index (χ2v) is 15.7. The van der Waals surface area contributed by atoms with Gasteiger partial charge in [0, 0.05) is 28.2 Å². The first-order valence-corrected chi connectivity index (χ1v) is 16.1. The third-order valence-corrected chi connectivity index (χ3v) is 13.6. The molecule has 1 aromatic rings. The van der Waals surface area contributed by atoms with Crippen molar-refractivity contribution in [2.75, 3.05) is 0 Å². The molecule has 7 unspecified atom stereocenters. The van der Waals surface area contributed by atoms with Crippen molar-refractivity contribution in [3.05, 3.63) is 59.2 Å². The SMILES string of the molecule is CC1C(=O)C(C#N)=CC2(C)C3=CC(=O)C4C5C[C@@](C)(C(N)=NC(=N)c6ccccc6)CCC5(C)CC[C@@]4(C)C3(C)CCC12. The average molecular weight is 579 g/mol. The highest BCUT2D eigenvalue weighted by Gasteiger charge is 2.68. The summed E-state index contributed by atoms with van der Waals surface area (Å²) in [5.41, 5.74) is 7.53. The van der Waals surface area contributed by atoms with Crippen LogP contribution in [0.5, 0.6) is 0 Å². The lowest BCUT2D eigenvalue weighted by molar-refractivity contribution is -0.164. The van der Waals surface area contributed by atoms with Crippen LogP contribution >= 0.6 is 0 Å². The number of nitrogens with two attached hydrogens (primary N) is 1. The van der Waals surface area contributed by atoms with Crippen molar-refractivity contribution in [2.45, 2.75) is 86.5 Å². The zero-order valence-corrected chi connectivity index (χ0v) is 26.6. The van der Waals surface area contributed by atoms with E-state index in [2.05, 4.69) is 45.7 Å². The maximum atomic E-state index is 14.6. The molecule has 6 heteroatoms. The summed E-state index contributed by atoms with van der Waals surface area (Å²) in [4.78, 5) is 32.2. The van der Waals surface area contributed by atoms with Crippen LogP contribution < -0.4 is 5.73 Å². The summed E-state index contributed by atoms with van der Waals surface area (Å²) in [5.74, 6) is 0.663. The first-order valence-electron chi connectivity index (χ1n) is 16.1. The molecule has 0 radical (unpaired) electrons. The summed E-state index contributed by atoms with van der Waals surface area (Å²) >= 11 is 0. The summed E-state index contributed by atoms with van der Waals surface area (Å²) in [6, 6.07) is 11.7. The maximum Gasteiger partial charge on any atom is 0.176 e. The van der Waals surface area contributed by atoms with Gasteiger partial charge in [0.15, 0.2) is 17.4 Å². The number of rotatable bonds is 2. The van der Waals surface area contributed by atoms with Gasteiger partial charge in [0.1, 0.15) is 11.9 Å². The minimum absolute atomic E-state index is 0.0367. The van der Waals surface area contributed by atoms with Gasteiger partial charge in [-0.15, -0.1) is 0 Å². The van der Waals surface area contributed by atoms with Gasteiger partial charge in [-0.3, -0.25) is 15.0 Å². The molecule has 6 rings (SSSR count). The molecule has 43 heavy (non-hydrogen) atoms. The Kier molecular flexibility index (Phi) is 6.63. The average Bonchev–Trinajstić information content (AvgIpc) is 2.97. The number of carbonyl (C=O) groups excluding carboxylic acids is 2. The lowest BCUT2D eigenvalue weighted by Crippen LogP contribution is -2.64. The van der Waals surface area contributed by atoms with Crippen molar-refractivity contribution >= 4 is 23.2 Å². The zero-order valence-electron chi connectivity index (χ0n) is 26.6. The molecule has 226 valence electrons. The number of allylic oxidation sites excluding steroid dienone is 4. The van der Waals surface area contributed by atoms with Gasteiger partial charge < -0.3 is 5.73 Å². The summed E-state index contributed by atoms with van der Waals surface area (Å²) in [6.07, 6.45) is 10.4. The Balaban J connectivity index is 1.40. The molecule has 0 bridgehead atoms. The highest BCUT2D eigenvalue weighted by atomic mass is 16.1. The second kappa shape index (κ2) is 9.58. The monoisotopic (exact) mass is 578 g/mol. The molecule has 3 saturated carbocycles. The van der Waals surface area contributed by atoms with Crippen molar-refractivity contribution in [1.29, 1.82) is 10.7 Å². The fourth-order valence-electron chi connectivity index (χ4n) is 10.5. The Morgan fingerprint density at radius 1 is 1.00 bits per heavy atom. The normalized spacial score (nSPS) is 44.1. The molecular formula is C37H46N4O2. The number of benzene rings is 1. The van der Waals surface area contributed by atoms with Crippen LogP contribution in [0.3, 0.4) is 0 Å². The van der Waals surface area contributed by atoms with E-state index in [1.165, 1.54) is 0 Å². The second-order valence-electron chi connectivity index (χ2n) is 15.7. The van der Waals surface area contributed by atoms with Gasteiger partial charge in [0.25, 0.3) is 0 Å². The molecule has 9 atom stereocenters. The van der Waals surface area contributed by atoms with Crippen molar-refractivity contribution in [2.24, 2.45) is 61.5 Å². The predicted octanol–water partition coefficient (Wildman–Crippen LogP) is 7.20. The molecule has 0 aliphatic heterocycles. The number of carbonyl (C=O) groups is 2. The fraction of sp³-hybridized carbons (Fsp3) is 0.595. The summed E-state index contributed by atoms with van der Waals surface area (Å²) < 4.78 is 0. The first kappa shape index (κ1) is 29.7. The van der Waals surface area contributed by atoms with E-state index in [9.17, 15) is 14.9 Å². The number of Topliss-reactive ketones (excluding diaryl/α,β-unsaturated/α-hetero) is 1. The largest absolute Gasteiger partial charge is 0.387 e. The van der Waals surface area contributed by atoms with Crippen molar-refractivity contribution in [1.82, 2.24) is 0 Å². The molecule has 0 aromatic heterocycles. The third kappa shape index (κ3) is 4.02. The predicted molar refractivity (Wildman–Crippen MR) is 169 cm³/mol. The Morgan fingerprint density at radius 3 is 2.35 bits per heavy atom. The molecule has 3 N–H and O–H groups in total. The third-order valence-electron chi connectivity index (χ3n) is 13.6. The highest BCUT2D eigenvalue weighted by molar-refractivity contribution is 6.06. The molecule has 5 aliphatic carbocycles. The quantitative estimate of drug-likeness (QED) is 0.285. The molecule has 6 nitrogen and oxygen atoms in total. The van der Waals surface area contributed by atoms with E-state index in [1.54, 1.807) is 0 Å². The highest BCUT2D eigenvalue weighted by Crippen LogP contribution is 2.73. The lowest BCUT2D eigenvalue weighted by atomic mass is 9.35. The van der Waals surface area contributed by atoms with Crippen LogP contribution in [0.4, 0.5) is 0 Å². The molecule has 0 saturated heterocycles. The Labute approximate surface area is 256 Å². The Morgan fingerprint density at radius 2 is 1.67 bits per heavy atom. The minimum atomic E-state index is -0.494. The van der Waals surface area contributed by atoms with E-state index in [4.69, 9.17) is 11.1 Å².